The zero-order valence-corrected chi connectivity index (χ0v) is 16.8. The number of aromatic nitrogens is 2. The SMILES string of the molecule is CC(C)(C)c1cc(NC(=O)C2CCCCC2)n(-c2ccc(Br)cc2)n1. The molecule has 5 heteroatoms. The van der Waals surface area contributed by atoms with Crippen LogP contribution in [-0.4, -0.2) is 15.7 Å². The van der Waals surface area contributed by atoms with E-state index in [1.54, 1.807) is 0 Å². The topological polar surface area (TPSA) is 46.9 Å². The summed E-state index contributed by atoms with van der Waals surface area (Å²) in [5.41, 5.74) is 1.83. The van der Waals surface area contributed by atoms with Crippen LogP contribution in [0.4, 0.5) is 5.82 Å². The molecule has 1 heterocycles. The molecule has 0 radical (unpaired) electrons. The number of nitrogens with one attached hydrogen (secondary N) is 1. The lowest BCUT2D eigenvalue weighted by atomic mass is 9.88. The third kappa shape index (κ3) is 4.32. The Balaban J connectivity index is 1.91. The fourth-order valence-electron chi connectivity index (χ4n) is 3.21. The van der Waals surface area contributed by atoms with Gasteiger partial charge in [0.25, 0.3) is 0 Å². The van der Waals surface area contributed by atoms with Crippen LogP contribution in [0.5, 0.6) is 0 Å². The average Bonchev–Trinajstić information content (AvgIpc) is 3.00. The van der Waals surface area contributed by atoms with E-state index in [0.29, 0.717) is 0 Å². The third-order valence-corrected chi connectivity index (χ3v) is 5.30. The molecule has 2 aromatic rings. The fourth-order valence-corrected chi connectivity index (χ4v) is 3.47. The number of amides is 1. The summed E-state index contributed by atoms with van der Waals surface area (Å²) in [5, 5.41) is 7.90. The second-order valence-electron chi connectivity index (χ2n) is 7.88. The summed E-state index contributed by atoms with van der Waals surface area (Å²) in [5.74, 6) is 1.00. The molecule has 1 aliphatic rings. The molecular formula is C20H26BrN3O. The Bertz CT molecular complexity index is 737. The maximum Gasteiger partial charge on any atom is 0.228 e. The van der Waals surface area contributed by atoms with Crippen LogP contribution in [0.3, 0.4) is 0 Å². The van der Waals surface area contributed by atoms with Crippen molar-refractivity contribution in [2.24, 2.45) is 5.92 Å². The smallest absolute Gasteiger partial charge is 0.228 e. The summed E-state index contributed by atoms with van der Waals surface area (Å²) in [6.45, 7) is 6.40. The van der Waals surface area contributed by atoms with Gasteiger partial charge in [-0.15, -0.1) is 0 Å². The predicted octanol–water partition coefficient (Wildman–Crippen LogP) is 5.45. The van der Waals surface area contributed by atoms with Crippen molar-refractivity contribution in [2.45, 2.75) is 58.3 Å². The largest absolute Gasteiger partial charge is 0.310 e. The van der Waals surface area contributed by atoms with Crippen LogP contribution in [0.15, 0.2) is 34.8 Å². The number of benzene rings is 1. The molecule has 25 heavy (non-hydrogen) atoms. The van der Waals surface area contributed by atoms with E-state index in [1.807, 2.05) is 35.0 Å². The van der Waals surface area contributed by atoms with E-state index in [1.165, 1.54) is 6.42 Å². The van der Waals surface area contributed by atoms with Gasteiger partial charge in [-0.05, 0) is 37.1 Å². The van der Waals surface area contributed by atoms with Gasteiger partial charge in [0, 0.05) is 21.9 Å². The number of anilines is 1. The van der Waals surface area contributed by atoms with Crippen LogP contribution in [0.2, 0.25) is 0 Å². The second kappa shape index (κ2) is 7.32. The molecule has 1 saturated carbocycles. The first kappa shape index (κ1) is 18.2. The zero-order valence-electron chi connectivity index (χ0n) is 15.2. The van der Waals surface area contributed by atoms with Gasteiger partial charge in [0.15, 0.2) is 0 Å². The Kier molecular flexibility index (Phi) is 5.32. The van der Waals surface area contributed by atoms with Crippen LogP contribution in [0.1, 0.15) is 58.6 Å². The molecule has 3 rings (SSSR count). The summed E-state index contributed by atoms with van der Waals surface area (Å²) in [4.78, 5) is 12.7. The van der Waals surface area contributed by atoms with Gasteiger partial charge in [-0.2, -0.15) is 5.10 Å². The van der Waals surface area contributed by atoms with Crippen molar-refractivity contribution in [1.29, 1.82) is 0 Å². The molecule has 0 aliphatic heterocycles. The van der Waals surface area contributed by atoms with E-state index in [9.17, 15) is 4.79 Å². The average molecular weight is 404 g/mol. The van der Waals surface area contributed by atoms with Crippen molar-refractivity contribution >= 4 is 27.7 Å². The number of halogens is 1. The Hall–Kier alpha value is -1.62. The van der Waals surface area contributed by atoms with E-state index >= 15 is 0 Å². The second-order valence-corrected chi connectivity index (χ2v) is 8.79. The molecule has 1 aromatic carbocycles. The molecule has 1 amide bonds. The molecular weight excluding hydrogens is 378 g/mol. The van der Waals surface area contributed by atoms with Crippen molar-refractivity contribution < 1.29 is 4.79 Å². The first-order chi connectivity index (χ1) is 11.8. The molecule has 134 valence electrons. The highest BCUT2D eigenvalue weighted by molar-refractivity contribution is 9.10. The lowest BCUT2D eigenvalue weighted by Crippen LogP contribution is -2.25. The number of hydrogen-bond donors (Lipinski definition) is 1. The Morgan fingerprint density at radius 1 is 1.16 bits per heavy atom. The predicted molar refractivity (Wildman–Crippen MR) is 105 cm³/mol. The van der Waals surface area contributed by atoms with E-state index in [2.05, 4.69) is 42.0 Å². The van der Waals surface area contributed by atoms with E-state index in [-0.39, 0.29) is 17.2 Å². The van der Waals surface area contributed by atoms with Gasteiger partial charge in [-0.1, -0.05) is 56.0 Å². The van der Waals surface area contributed by atoms with Crippen molar-refractivity contribution in [1.82, 2.24) is 9.78 Å². The van der Waals surface area contributed by atoms with Gasteiger partial charge in [-0.3, -0.25) is 4.79 Å². The normalized spacial score (nSPS) is 16.0. The molecule has 1 aromatic heterocycles. The van der Waals surface area contributed by atoms with Gasteiger partial charge in [-0.25, -0.2) is 4.68 Å². The minimum atomic E-state index is -0.0784. The highest BCUT2D eigenvalue weighted by Gasteiger charge is 2.25. The van der Waals surface area contributed by atoms with E-state index < -0.39 is 0 Å². The van der Waals surface area contributed by atoms with Crippen LogP contribution in [-0.2, 0) is 10.2 Å². The van der Waals surface area contributed by atoms with Crippen LogP contribution in [0.25, 0.3) is 5.69 Å². The highest BCUT2D eigenvalue weighted by Crippen LogP contribution is 2.29. The number of carbonyl (C=O) groups excluding carboxylic acids is 1. The monoisotopic (exact) mass is 403 g/mol. The van der Waals surface area contributed by atoms with Crippen molar-refractivity contribution in [2.75, 3.05) is 5.32 Å². The van der Waals surface area contributed by atoms with Crippen LogP contribution < -0.4 is 5.32 Å². The number of nitrogens with zero attached hydrogens (tertiary/aromatic N) is 2. The lowest BCUT2D eigenvalue weighted by Gasteiger charge is -2.20. The van der Waals surface area contributed by atoms with Crippen molar-refractivity contribution in [3.8, 4) is 5.69 Å². The maximum absolute atomic E-state index is 12.7. The Morgan fingerprint density at radius 3 is 2.40 bits per heavy atom. The molecule has 0 unspecified atom stereocenters. The molecule has 0 spiro atoms. The summed E-state index contributed by atoms with van der Waals surface area (Å²) < 4.78 is 2.86. The standard InChI is InChI=1S/C20H26BrN3O/c1-20(2,3)17-13-18(22-19(25)14-7-5-4-6-8-14)24(23-17)16-11-9-15(21)10-12-16/h9-14H,4-8H2,1-3H3,(H,22,25). The molecule has 0 atom stereocenters. The third-order valence-electron chi connectivity index (χ3n) is 4.78. The Morgan fingerprint density at radius 2 is 1.80 bits per heavy atom. The molecule has 0 bridgehead atoms. The molecule has 1 aliphatic carbocycles. The molecule has 4 nitrogen and oxygen atoms in total. The summed E-state index contributed by atoms with van der Waals surface area (Å²) in [7, 11) is 0. The van der Waals surface area contributed by atoms with Crippen molar-refractivity contribution in [3.63, 3.8) is 0 Å². The van der Waals surface area contributed by atoms with Crippen LogP contribution >= 0.6 is 15.9 Å². The van der Waals surface area contributed by atoms with Gasteiger partial charge < -0.3 is 5.32 Å². The number of rotatable bonds is 3. The Labute approximate surface area is 158 Å². The summed E-state index contributed by atoms with van der Waals surface area (Å²) in [6, 6.07) is 9.98. The minimum Gasteiger partial charge on any atom is -0.310 e. The minimum absolute atomic E-state index is 0.0784. The summed E-state index contributed by atoms with van der Waals surface area (Å²) >= 11 is 3.47. The van der Waals surface area contributed by atoms with Gasteiger partial charge >= 0.3 is 0 Å². The highest BCUT2D eigenvalue weighted by atomic mass is 79.9. The van der Waals surface area contributed by atoms with Gasteiger partial charge in [0.1, 0.15) is 5.82 Å². The van der Waals surface area contributed by atoms with Gasteiger partial charge in [0.05, 0.1) is 11.4 Å². The quantitative estimate of drug-likeness (QED) is 0.739. The molecule has 1 N–H and O–H groups in total. The van der Waals surface area contributed by atoms with Crippen LogP contribution in [0, 0.1) is 5.92 Å². The zero-order chi connectivity index (χ0) is 18.0. The number of hydrogen-bond acceptors (Lipinski definition) is 2. The van der Waals surface area contributed by atoms with Gasteiger partial charge in [0.2, 0.25) is 5.91 Å². The van der Waals surface area contributed by atoms with E-state index in [0.717, 1.165) is 47.4 Å². The van der Waals surface area contributed by atoms with Crippen molar-refractivity contribution in [3.05, 3.63) is 40.5 Å². The summed E-state index contributed by atoms with van der Waals surface area (Å²) in [6.07, 6.45) is 5.53. The fraction of sp³-hybridized carbons (Fsp3) is 0.500. The maximum atomic E-state index is 12.7. The van der Waals surface area contributed by atoms with E-state index in [4.69, 9.17) is 5.10 Å². The molecule has 0 saturated heterocycles. The molecule has 1 fully saturated rings. The first-order valence-corrected chi connectivity index (χ1v) is 9.81. The number of carbonyl (C=O) groups is 1. The lowest BCUT2D eigenvalue weighted by molar-refractivity contribution is -0.120. The first-order valence-electron chi connectivity index (χ1n) is 9.02.